The van der Waals surface area contributed by atoms with Crippen LogP contribution in [0.3, 0.4) is 0 Å². The standard InChI is InChI=1S/C15H16BrClN2O/c1-2-18-7-11-3-4-12(15(16)5-11)10-20-14-6-13(17)8-19-9-14/h3-6,8-9,18H,2,7,10H2,1H3. The Morgan fingerprint density at radius 1 is 1.30 bits per heavy atom. The van der Waals surface area contributed by atoms with E-state index in [1.54, 1.807) is 18.5 Å². The first-order valence-corrected chi connectivity index (χ1v) is 7.57. The lowest BCUT2D eigenvalue weighted by Crippen LogP contribution is -2.11. The molecule has 0 aliphatic carbocycles. The van der Waals surface area contributed by atoms with Crippen LogP contribution in [0.25, 0.3) is 0 Å². The molecule has 0 bridgehead atoms. The molecule has 0 atom stereocenters. The molecule has 0 amide bonds. The van der Waals surface area contributed by atoms with Gasteiger partial charge in [-0.25, -0.2) is 0 Å². The monoisotopic (exact) mass is 354 g/mol. The van der Waals surface area contributed by atoms with Gasteiger partial charge in [-0.2, -0.15) is 0 Å². The first-order chi connectivity index (χ1) is 9.69. The van der Waals surface area contributed by atoms with E-state index in [9.17, 15) is 0 Å². The normalized spacial score (nSPS) is 10.6. The van der Waals surface area contributed by atoms with Crippen molar-refractivity contribution in [2.24, 2.45) is 0 Å². The van der Waals surface area contributed by atoms with Gasteiger partial charge in [0.05, 0.1) is 11.2 Å². The summed E-state index contributed by atoms with van der Waals surface area (Å²) in [5, 5.41) is 3.87. The molecule has 20 heavy (non-hydrogen) atoms. The lowest BCUT2D eigenvalue weighted by molar-refractivity contribution is 0.304. The van der Waals surface area contributed by atoms with E-state index in [0.717, 1.165) is 23.1 Å². The Balaban J connectivity index is 1.99. The summed E-state index contributed by atoms with van der Waals surface area (Å²) < 4.78 is 6.73. The summed E-state index contributed by atoms with van der Waals surface area (Å²) in [6.45, 7) is 4.40. The molecule has 2 aromatic rings. The zero-order valence-electron chi connectivity index (χ0n) is 11.2. The highest BCUT2D eigenvalue weighted by atomic mass is 79.9. The SMILES string of the molecule is CCNCc1ccc(COc2cncc(Cl)c2)c(Br)c1. The fourth-order valence-corrected chi connectivity index (χ4v) is 2.42. The zero-order valence-corrected chi connectivity index (χ0v) is 13.5. The van der Waals surface area contributed by atoms with Gasteiger partial charge in [-0.15, -0.1) is 0 Å². The Kier molecular flexibility index (Phi) is 5.83. The van der Waals surface area contributed by atoms with E-state index in [4.69, 9.17) is 16.3 Å². The van der Waals surface area contributed by atoms with Crippen LogP contribution in [0.2, 0.25) is 5.02 Å². The van der Waals surface area contributed by atoms with Crippen molar-refractivity contribution in [3.63, 3.8) is 0 Å². The summed E-state index contributed by atoms with van der Waals surface area (Å²) in [7, 11) is 0. The van der Waals surface area contributed by atoms with Crippen LogP contribution < -0.4 is 10.1 Å². The Morgan fingerprint density at radius 2 is 2.15 bits per heavy atom. The van der Waals surface area contributed by atoms with E-state index >= 15 is 0 Å². The van der Waals surface area contributed by atoms with Crippen LogP contribution in [0.15, 0.2) is 41.1 Å². The molecule has 106 valence electrons. The van der Waals surface area contributed by atoms with Crippen LogP contribution in [0.5, 0.6) is 5.75 Å². The number of pyridine rings is 1. The molecule has 0 radical (unpaired) electrons. The molecule has 0 saturated heterocycles. The largest absolute Gasteiger partial charge is 0.487 e. The molecule has 0 unspecified atom stereocenters. The third-order valence-corrected chi connectivity index (χ3v) is 3.72. The summed E-state index contributed by atoms with van der Waals surface area (Å²) in [6.07, 6.45) is 3.24. The number of nitrogens with zero attached hydrogens (tertiary/aromatic N) is 1. The predicted octanol–water partition coefficient (Wildman–Crippen LogP) is 4.19. The van der Waals surface area contributed by atoms with E-state index in [0.29, 0.717) is 17.4 Å². The molecular weight excluding hydrogens is 340 g/mol. The minimum absolute atomic E-state index is 0.476. The van der Waals surface area contributed by atoms with E-state index in [2.05, 4.69) is 51.4 Å². The van der Waals surface area contributed by atoms with Gasteiger partial charge in [-0.3, -0.25) is 4.98 Å². The number of ether oxygens (including phenoxy) is 1. The summed E-state index contributed by atoms with van der Waals surface area (Å²) in [5.41, 5.74) is 2.33. The minimum Gasteiger partial charge on any atom is -0.487 e. The summed E-state index contributed by atoms with van der Waals surface area (Å²) >= 11 is 9.45. The van der Waals surface area contributed by atoms with Crippen LogP contribution in [-0.4, -0.2) is 11.5 Å². The second kappa shape index (κ2) is 7.62. The summed E-state index contributed by atoms with van der Waals surface area (Å²) in [5.74, 6) is 0.668. The lowest BCUT2D eigenvalue weighted by atomic mass is 10.1. The van der Waals surface area contributed by atoms with E-state index in [1.807, 2.05) is 0 Å². The molecule has 1 heterocycles. The third kappa shape index (κ3) is 4.47. The number of halogens is 2. The molecule has 2 rings (SSSR count). The van der Waals surface area contributed by atoms with Gasteiger partial charge in [0.15, 0.2) is 0 Å². The molecule has 1 aromatic heterocycles. The Hall–Kier alpha value is -1.10. The maximum Gasteiger partial charge on any atom is 0.139 e. The van der Waals surface area contributed by atoms with Gasteiger partial charge in [0.25, 0.3) is 0 Å². The minimum atomic E-state index is 0.476. The van der Waals surface area contributed by atoms with Gasteiger partial charge < -0.3 is 10.1 Å². The van der Waals surface area contributed by atoms with Gasteiger partial charge in [0.2, 0.25) is 0 Å². The van der Waals surface area contributed by atoms with E-state index in [1.165, 1.54) is 5.56 Å². The smallest absolute Gasteiger partial charge is 0.139 e. The molecule has 5 heteroatoms. The Morgan fingerprint density at radius 3 is 2.85 bits per heavy atom. The highest BCUT2D eigenvalue weighted by Crippen LogP contribution is 2.22. The molecule has 3 nitrogen and oxygen atoms in total. The number of aromatic nitrogens is 1. The molecule has 1 aromatic carbocycles. The van der Waals surface area contributed by atoms with Crippen molar-refractivity contribution in [1.82, 2.24) is 10.3 Å². The molecule has 0 saturated carbocycles. The Bertz CT molecular complexity index is 578. The Labute approximate surface area is 132 Å². The summed E-state index contributed by atoms with van der Waals surface area (Å²) in [6, 6.07) is 8.02. The highest BCUT2D eigenvalue weighted by molar-refractivity contribution is 9.10. The van der Waals surface area contributed by atoms with Gasteiger partial charge in [-0.05, 0) is 18.2 Å². The van der Waals surface area contributed by atoms with Crippen LogP contribution in [0.1, 0.15) is 18.1 Å². The maximum atomic E-state index is 5.87. The number of rotatable bonds is 6. The van der Waals surface area contributed by atoms with E-state index in [-0.39, 0.29) is 0 Å². The van der Waals surface area contributed by atoms with Crippen LogP contribution >= 0.6 is 27.5 Å². The second-order valence-corrected chi connectivity index (χ2v) is 5.62. The second-order valence-electron chi connectivity index (χ2n) is 4.33. The van der Waals surface area contributed by atoms with Crippen molar-refractivity contribution in [3.05, 3.63) is 57.3 Å². The van der Waals surface area contributed by atoms with Crippen LogP contribution in [-0.2, 0) is 13.2 Å². The fraction of sp³-hybridized carbons (Fsp3) is 0.267. The van der Waals surface area contributed by atoms with E-state index < -0.39 is 0 Å². The van der Waals surface area contributed by atoms with Crippen molar-refractivity contribution in [2.45, 2.75) is 20.1 Å². The topological polar surface area (TPSA) is 34.1 Å². The average Bonchev–Trinajstić information content (AvgIpc) is 2.44. The molecule has 1 N–H and O–H groups in total. The van der Waals surface area contributed by atoms with Gasteiger partial charge in [0, 0.05) is 28.8 Å². The van der Waals surface area contributed by atoms with Gasteiger partial charge in [0.1, 0.15) is 12.4 Å². The maximum absolute atomic E-state index is 5.87. The number of hydrogen-bond donors (Lipinski definition) is 1. The van der Waals surface area contributed by atoms with Crippen molar-refractivity contribution in [2.75, 3.05) is 6.54 Å². The highest BCUT2D eigenvalue weighted by Gasteiger charge is 2.03. The fourth-order valence-electron chi connectivity index (χ4n) is 1.72. The summed E-state index contributed by atoms with van der Waals surface area (Å²) in [4.78, 5) is 3.99. The predicted molar refractivity (Wildman–Crippen MR) is 85.1 cm³/mol. The molecule has 0 spiro atoms. The molecule has 0 fully saturated rings. The molecule has 0 aliphatic heterocycles. The van der Waals surface area contributed by atoms with Crippen LogP contribution in [0, 0.1) is 0 Å². The van der Waals surface area contributed by atoms with Crippen molar-refractivity contribution >= 4 is 27.5 Å². The first kappa shape index (κ1) is 15.3. The number of nitrogens with one attached hydrogen (secondary N) is 1. The van der Waals surface area contributed by atoms with Gasteiger partial charge in [-0.1, -0.05) is 46.6 Å². The van der Waals surface area contributed by atoms with Crippen LogP contribution in [0.4, 0.5) is 0 Å². The van der Waals surface area contributed by atoms with Crippen molar-refractivity contribution in [3.8, 4) is 5.75 Å². The number of benzene rings is 1. The lowest BCUT2D eigenvalue weighted by Gasteiger charge is -2.10. The molecular formula is C15H16BrClN2O. The van der Waals surface area contributed by atoms with Crippen molar-refractivity contribution in [1.29, 1.82) is 0 Å². The average molecular weight is 356 g/mol. The quantitative estimate of drug-likeness (QED) is 0.844. The first-order valence-electron chi connectivity index (χ1n) is 6.40. The third-order valence-electron chi connectivity index (χ3n) is 2.77. The zero-order chi connectivity index (χ0) is 14.4. The number of hydrogen-bond acceptors (Lipinski definition) is 3. The molecule has 0 aliphatic rings. The van der Waals surface area contributed by atoms with Crippen molar-refractivity contribution < 1.29 is 4.74 Å². The van der Waals surface area contributed by atoms with Gasteiger partial charge >= 0.3 is 0 Å².